The minimum Gasteiger partial charge on any atom is -0.459 e. The molecule has 2 aromatic heterocycles. The number of furan rings is 1. The van der Waals surface area contributed by atoms with Crippen molar-refractivity contribution in [2.75, 3.05) is 6.54 Å². The van der Waals surface area contributed by atoms with Crippen LogP contribution in [0.3, 0.4) is 0 Å². The summed E-state index contributed by atoms with van der Waals surface area (Å²) in [5.74, 6) is 0.929. The van der Waals surface area contributed by atoms with E-state index in [9.17, 15) is 0 Å². The Kier molecular flexibility index (Phi) is 3.52. The normalized spacial score (nSPS) is 12.7. The molecule has 0 aliphatic heterocycles. The molecule has 3 nitrogen and oxygen atoms in total. The summed E-state index contributed by atoms with van der Waals surface area (Å²) in [7, 11) is 0. The van der Waals surface area contributed by atoms with E-state index in [1.165, 1.54) is 0 Å². The number of para-hydroxylation sites is 1. The number of aryl methyl sites for hydroxylation is 1. The smallest absolute Gasteiger partial charge is 0.134 e. The molecule has 3 rings (SSSR count). The third-order valence-electron chi connectivity index (χ3n) is 3.40. The summed E-state index contributed by atoms with van der Waals surface area (Å²) in [5, 5.41) is 4.59. The van der Waals surface area contributed by atoms with E-state index in [4.69, 9.17) is 4.42 Å². The summed E-state index contributed by atoms with van der Waals surface area (Å²) in [6.07, 6.45) is 1.91. The highest BCUT2D eigenvalue weighted by atomic mass is 16.3. The first kappa shape index (κ1) is 12.9. The Bertz CT molecular complexity index is 667. The summed E-state index contributed by atoms with van der Waals surface area (Å²) < 4.78 is 5.98. The predicted octanol–water partition coefficient (Wildman–Crippen LogP) is 3.84. The zero-order chi connectivity index (χ0) is 13.9. The van der Waals surface area contributed by atoms with Gasteiger partial charge in [-0.1, -0.05) is 31.2 Å². The molecule has 3 aromatic rings. The van der Waals surface area contributed by atoms with E-state index in [0.717, 1.165) is 34.5 Å². The van der Waals surface area contributed by atoms with Crippen molar-refractivity contribution in [3.63, 3.8) is 0 Å². The van der Waals surface area contributed by atoms with Gasteiger partial charge in [0, 0.05) is 17.3 Å². The maximum atomic E-state index is 5.98. The fourth-order valence-corrected chi connectivity index (χ4v) is 2.38. The first-order valence-corrected chi connectivity index (χ1v) is 6.92. The van der Waals surface area contributed by atoms with Gasteiger partial charge < -0.3 is 9.73 Å². The van der Waals surface area contributed by atoms with Crippen LogP contribution in [0.5, 0.6) is 0 Å². The van der Waals surface area contributed by atoms with Crippen LogP contribution in [0.1, 0.15) is 30.0 Å². The largest absolute Gasteiger partial charge is 0.459 e. The van der Waals surface area contributed by atoms with E-state index in [1.54, 1.807) is 0 Å². The Balaban J connectivity index is 2.03. The van der Waals surface area contributed by atoms with Crippen molar-refractivity contribution in [3.8, 4) is 0 Å². The van der Waals surface area contributed by atoms with Gasteiger partial charge in [0.25, 0.3) is 0 Å². The molecule has 1 N–H and O–H groups in total. The number of benzene rings is 1. The van der Waals surface area contributed by atoms with Crippen LogP contribution in [-0.4, -0.2) is 11.5 Å². The van der Waals surface area contributed by atoms with Crippen LogP contribution in [0.15, 0.2) is 53.1 Å². The zero-order valence-electron chi connectivity index (χ0n) is 11.8. The van der Waals surface area contributed by atoms with Gasteiger partial charge in [-0.05, 0) is 37.2 Å². The SMILES string of the molecule is CCNC(c1ccc(C)nc1)c1cc2ccccc2o1. The molecule has 0 fully saturated rings. The number of pyridine rings is 1. The average molecular weight is 266 g/mol. The monoisotopic (exact) mass is 266 g/mol. The molecule has 0 bridgehead atoms. The molecule has 0 radical (unpaired) electrons. The van der Waals surface area contributed by atoms with Gasteiger partial charge in [-0.15, -0.1) is 0 Å². The fraction of sp³-hybridized carbons (Fsp3) is 0.235. The number of rotatable bonds is 4. The molecule has 1 atom stereocenters. The summed E-state index contributed by atoms with van der Waals surface area (Å²) in [6, 6.07) is 14.4. The molecule has 0 saturated heterocycles. The minimum absolute atomic E-state index is 0.0421. The lowest BCUT2D eigenvalue weighted by Crippen LogP contribution is -2.21. The first-order valence-electron chi connectivity index (χ1n) is 6.92. The van der Waals surface area contributed by atoms with Crippen molar-refractivity contribution < 1.29 is 4.42 Å². The van der Waals surface area contributed by atoms with Gasteiger partial charge in [0.05, 0.1) is 6.04 Å². The molecule has 0 spiro atoms. The van der Waals surface area contributed by atoms with Gasteiger partial charge >= 0.3 is 0 Å². The van der Waals surface area contributed by atoms with E-state index in [2.05, 4.69) is 35.4 Å². The van der Waals surface area contributed by atoms with Crippen molar-refractivity contribution >= 4 is 11.0 Å². The molecule has 20 heavy (non-hydrogen) atoms. The Labute approximate surface area is 118 Å². The molecule has 3 heteroatoms. The lowest BCUT2D eigenvalue weighted by atomic mass is 10.1. The van der Waals surface area contributed by atoms with Crippen LogP contribution in [-0.2, 0) is 0 Å². The lowest BCUT2D eigenvalue weighted by molar-refractivity contribution is 0.476. The second-order valence-electron chi connectivity index (χ2n) is 4.91. The maximum Gasteiger partial charge on any atom is 0.134 e. The average Bonchev–Trinajstić information content (AvgIpc) is 2.89. The van der Waals surface area contributed by atoms with E-state index in [1.807, 2.05) is 37.4 Å². The molecule has 1 unspecified atom stereocenters. The van der Waals surface area contributed by atoms with Gasteiger partial charge in [-0.2, -0.15) is 0 Å². The van der Waals surface area contributed by atoms with Crippen molar-refractivity contribution in [1.29, 1.82) is 0 Å². The van der Waals surface area contributed by atoms with Gasteiger partial charge in [0.1, 0.15) is 11.3 Å². The number of fused-ring (bicyclic) bond motifs is 1. The fourth-order valence-electron chi connectivity index (χ4n) is 2.38. The molecule has 0 aliphatic carbocycles. The van der Waals surface area contributed by atoms with Crippen molar-refractivity contribution in [2.45, 2.75) is 19.9 Å². The van der Waals surface area contributed by atoms with E-state index < -0.39 is 0 Å². The number of hydrogen-bond donors (Lipinski definition) is 1. The van der Waals surface area contributed by atoms with Crippen LogP contribution in [0.25, 0.3) is 11.0 Å². The van der Waals surface area contributed by atoms with Gasteiger partial charge in [0.15, 0.2) is 0 Å². The topological polar surface area (TPSA) is 38.1 Å². The Morgan fingerprint density at radius 3 is 2.75 bits per heavy atom. The molecule has 1 aromatic carbocycles. The third kappa shape index (κ3) is 2.45. The first-order chi connectivity index (χ1) is 9.78. The van der Waals surface area contributed by atoms with Crippen molar-refractivity contribution in [2.24, 2.45) is 0 Å². The summed E-state index contributed by atoms with van der Waals surface area (Å²) in [6.45, 7) is 4.96. The highest BCUT2D eigenvalue weighted by molar-refractivity contribution is 5.77. The van der Waals surface area contributed by atoms with Crippen LogP contribution >= 0.6 is 0 Å². The molecule has 102 valence electrons. The Hall–Kier alpha value is -2.13. The molecule has 0 amide bonds. The number of aromatic nitrogens is 1. The summed E-state index contributed by atoms with van der Waals surface area (Å²) in [4.78, 5) is 4.38. The summed E-state index contributed by atoms with van der Waals surface area (Å²) >= 11 is 0. The number of hydrogen-bond acceptors (Lipinski definition) is 3. The second kappa shape index (κ2) is 5.47. The lowest BCUT2D eigenvalue weighted by Gasteiger charge is -2.15. The summed E-state index contributed by atoms with van der Waals surface area (Å²) in [5.41, 5.74) is 3.07. The molecular formula is C17H18N2O. The van der Waals surface area contributed by atoms with Crippen LogP contribution in [0.4, 0.5) is 0 Å². The second-order valence-corrected chi connectivity index (χ2v) is 4.91. The highest BCUT2D eigenvalue weighted by Gasteiger charge is 2.17. The molecule has 2 heterocycles. The van der Waals surface area contributed by atoms with Gasteiger partial charge in [-0.3, -0.25) is 4.98 Å². The van der Waals surface area contributed by atoms with Crippen LogP contribution in [0.2, 0.25) is 0 Å². The molecule has 0 saturated carbocycles. The van der Waals surface area contributed by atoms with E-state index in [0.29, 0.717) is 0 Å². The number of nitrogens with one attached hydrogen (secondary N) is 1. The molecular weight excluding hydrogens is 248 g/mol. The van der Waals surface area contributed by atoms with Gasteiger partial charge in [0.2, 0.25) is 0 Å². The molecule has 0 aliphatic rings. The maximum absolute atomic E-state index is 5.98. The minimum atomic E-state index is 0.0421. The standard InChI is InChI=1S/C17H18N2O/c1-3-18-17(14-9-8-12(2)19-11-14)16-10-13-6-4-5-7-15(13)20-16/h4-11,17-18H,3H2,1-2H3. The highest BCUT2D eigenvalue weighted by Crippen LogP contribution is 2.27. The van der Waals surface area contributed by atoms with Crippen molar-refractivity contribution in [3.05, 3.63) is 65.7 Å². The quantitative estimate of drug-likeness (QED) is 0.779. The Morgan fingerprint density at radius 1 is 1.20 bits per heavy atom. The van der Waals surface area contributed by atoms with E-state index >= 15 is 0 Å². The van der Waals surface area contributed by atoms with Crippen molar-refractivity contribution in [1.82, 2.24) is 10.3 Å². The van der Waals surface area contributed by atoms with Gasteiger partial charge in [-0.25, -0.2) is 0 Å². The van der Waals surface area contributed by atoms with Crippen LogP contribution in [0, 0.1) is 6.92 Å². The van der Waals surface area contributed by atoms with E-state index in [-0.39, 0.29) is 6.04 Å². The third-order valence-corrected chi connectivity index (χ3v) is 3.40. The number of nitrogens with zero attached hydrogens (tertiary/aromatic N) is 1. The zero-order valence-corrected chi connectivity index (χ0v) is 11.8. The Morgan fingerprint density at radius 2 is 2.05 bits per heavy atom. The predicted molar refractivity (Wildman–Crippen MR) is 80.7 cm³/mol. The van der Waals surface area contributed by atoms with Crippen LogP contribution < -0.4 is 5.32 Å².